The minimum Gasteiger partial charge on any atom is -0.228 e. The minimum atomic E-state index is 0.718. The Hall–Kier alpha value is -7.72. The standard InChI is InChI=1S/C58H36N2S/c1-3-15-41(16-4-1)55-47-22-10-9-21-46(47)54(50-35-34-39-14-7-8-19-44(39)56(50)55)42-32-28-38(29-33-42)37-26-30-40(31-27-37)51-36-52(60-58(59-51)43-17-5-2-6-18-43)49-24-13-23-48-45-20-11-12-25-53(45)61-57(48)49/h1-36H. The largest absolute Gasteiger partial charge is 0.228 e. The lowest BCUT2D eigenvalue weighted by atomic mass is 9.84. The number of thiophene rings is 1. The molecule has 0 bridgehead atoms. The summed E-state index contributed by atoms with van der Waals surface area (Å²) in [7, 11) is 0. The Bertz CT molecular complexity index is 3610. The normalized spacial score (nSPS) is 11.6. The van der Waals surface area contributed by atoms with Crippen LogP contribution in [0.15, 0.2) is 218 Å². The molecule has 2 nitrogen and oxygen atoms in total. The molecule has 0 unspecified atom stereocenters. The SMILES string of the molecule is c1ccc(-c2nc(-c3ccc(-c4ccc(-c5c6ccccc6c(-c6ccccc6)c6c5ccc5ccccc56)cc4)cc3)cc(-c3cccc4c3sc3ccccc34)n2)cc1. The molecular formula is C58H36N2S. The van der Waals surface area contributed by atoms with Gasteiger partial charge in [-0.15, -0.1) is 11.3 Å². The molecule has 0 atom stereocenters. The van der Waals surface area contributed by atoms with Crippen LogP contribution >= 0.6 is 11.3 Å². The summed E-state index contributed by atoms with van der Waals surface area (Å²) in [5, 5.41) is 10.1. The van der Waals surface area contributed by atoms with Gasteiger partial charge in [-0.1, -0.05) is 206 Å². The van der Waals surface area contributed by atoms with Crippen LogP contribution in [-0.4, -0.2) is 9.97 Å². The van der Waals surface area contributed by atoms with Gasteiger partial charge in [-0.25, -0.2) is 9.97 Å². The van der Waals surface area contributed by atoms with Crippen molar-refractivity contribution in [1.29, 1.82) is 0 Å². The van der Waals surface area contributed by atoms with Gasteiger partial charge in [0.2, 0.25) is 0 Å². The molecule has 10 aromatic carbocycles. The topological polar surface area (TPSA) is 25.8 Å². The van der Waals surface area contributed by atoms with Crippen molar-refractivity contribution in [3.05, 3.63) is 218 Å². The predicted molar refractivity (Wildman–Crippen MR) is 260 cm³/mol. The fourth-order valence-electron chi connectivity index (χ4n) is 9.22. The first-order chi connectivity index (χ1) is 30.2. The van der Waals surface area contributed by atoms with Gasteiger partial charge in [0.15, 0.2) is 5.82 Å². The maximum atomic E-state index is 5.19. The highest BCUT2D eigenvalue weighted by Crippen LogP contribution is 2.47. The summed E-state index contributed by atoms with van der Waals surface area (Å²) in [5.74, 6) is 0.718. The molecule has 0 spiro atoms. The fourth-order valence-corrected chi connectivity index (χ4v) is 10.4. The van der Waals surface area contributed by atoms with Gasteiger partial charge in [0.05, 0.1) is 11.4 Å². The average Bonchev–Trinajstić information content (AvgIpc) is 3.73. The van der Waals surface area contributed by atoms with Crippen LogP contribution in [0.4, 0.5) is 0 Å². The first-order valence-electron chi connectivity index (χ1n) is 20.7. The van der Waals surface area contributed by atoms with Gasteiger partial charge < -0.3 is 0 Å². The van der Waals surface area contributed by atoms with Crippen LogP contribution in [0.5, 0.6) is 0 Å². The van der Waals surface area contributed by atoms with Crippen LogP contribution in [0.25, 0.3) is 120 Å². The number of fused-ring (bicyclic) bond motifs is 7. The Morgan fingerprint density at radius 3 is 1.59 bits per heavy atom. The summed E-state index contributed by atoms with van der Waals surface area (Å²) >= 11 is 1.83. The lowest BCUT2D eigenvalue weighted by molar-refractivity contribution is 1.19. The number of hydrogen-bond donors (Lipinski definition) is 0. The molecule has 0 fully saturated rings. The third-order valence-electron chi connectivity index (χ3n) is 12.1. The van der Waals surface area contributed by atoms with Crippen molar-refractivity contribution >= 4 is 63.8 Å². The molecule has 12 aromatic rings. The summed E-state index contributed by atoms with van der Waals surface area (Å²) in [6.07, 6.45) is 0. The molecule has 61 heavy (non-hydrogen) atoms. The Kier molecular flexibility index (Phi) is 8.39. The summed E-state index contributed by atoms with van der Waals surface area (Å²) in [4.78, 5) is 10.3. The minimum absolute atomic E-state index is 0.718. The third kappa shape index (κ3) is 6.01. The molecule has 3 heteroatoms. The molecule has 0 aliphatic heterocycles. The zero-order chi connectivity index (χ0) is 40.3. The van der Waals surface area contributed by atoms with Crippen molar-refractivity contribution < 1.29 is 0 Å². The summed E-state index contributed by atoms with van der Waals surface area (Å²) < 4.78 is 2.52. The first kappa shape index (κ1) is 35.2. The smallest absolute Gasteiger partial charge is 0.160 e. The molecule has 12 rings (SSSR count). The number of aromatic nitrogens is 2. The maximum absolute atomic E-state index is 5.19. The summed E-state index contributed by atoms with van der Waals surface area (Å²) in [6.45, 7) is 0. The Labute approximate surface area is 357 Å². The van der Waals surface area contributed by atoms with Crippen molar-refractivity contribution in [3.8, 4) is 67.3 Å². The number of nitrogens with zero attached hydrogens (tertiary/aromatic N) is 2. The monoisotopic (exact) mass is 792 g/mol. The molecule has 284 valence electrons. The molecule has 0 amide bonds. The van der Waals surface area contributed by atoms with Crippen LogP contribution in [0.1, 0.15) is 0 Å². The lowest BCUT2D eigenvalue weighted by Crippen LogP contribution is -1.96. The Balaban J connectivity index is 0.950. The number of hydrogen-bond acceptors (Lipinski definition) is 3. The summed E-state index contributed by atoms with van der Waals surface area (Å²) in [5.41, 5.74) is 12.3. The lowest BCUT2D eigenvalue weighted by Gasteiger charge is -2.19. The zero-order valence-electron chi connectivity index (χ0n) is 33.1. The first-order valence-corrected chi connectivity index (χ1v) is 21.5. The second kappa shape index (κ2) is 14.5. The zero-order valence-corrected chi connectivity index (χ0v) is 33.9. The van der Waals surface area contributed by atoms with Crippen molar-refractivity contribution in [2.75, 3.05) is 0 Å². The Morgan fingerprint density at radius 2 is 0.852 bits per heavy atom. The van der Waals surface area contributed by atoms with Gasteiger partial charge >= 0.3 is 0 Å². The quantitative estimate of drug-likeness (QED) is 0.124. The van der Waals surface area contributed by atoms with E-state index in [1.165, 1.54) is 80.3 Å². The molecular weight excluding hydrogens is 757 g/mol. The van der Waals surface area contributed by atoms with E-state index >= 15 is 0 Å². The van der Waals surface area contributed by atoms with Gasteiger partial charge in [-0.3, -0.25) is 0 Å². The fraction of sp³-hybridized carbons (Fsp3) is 0. The van der Waals surface area contributed by atoms with E-state index in [0.717, 1.165) is 39.5 Å². The van der Waals surface area contributed by atoms with Crippen LogP contribution in [0.3, 0.4) is 0 Å². The van der Waals surface area contributed by atoms with E-state index in [-0.39, 0.29) is 0 Å². The van der Waals surface area contributed by atoms with Crippen molar-refractivity contribution in [3.63, 3.8) is 0 Å². The average molecular weight is 793 g/mol. The second-order valence-electron chi connectivity index (χ2n) is 15.6. The van der Waals surface area contributed by atoms with Gasteiger partial charge in [-0.2, -0.15) is 0 Å². The van der Waals surface area contributed by atoms with Crippen LogP contribution in [0.2, 0.25) is 0 Å². The molecule has 0 radical (unpaired) electrons. The molecule has 0 saturated carbocycles. The van der Waals surface area contributed by atoms with Gasteiger partial charge in [0.25, 0.3) is 0 Å². The molecule has 0 aliphatic carbocycles. The van der Waals surface area contributed by atoms with E-state index in [1.54, 1.807) is 0 Å². The van der Waals surface area contributed by atoms with Crippen LogP contribution < -0.4 is 0 Å². The van der Waals surface area contributed by atoms with E-state index in [4.69, 9.17) is 9.97 Å². The van der Waals surface area contributed by atoms with Crippen molar-refractivity contribution in [2.24, 2.45) is 0 Å². The van der Waals surface area contributed by atoms with Crippen molar-refractivity contribution in [2.45, 2.75) is 0 Å². The highest BCUT2D eigenvalue weighted by molar-refractivity contribution is 7.26. The van der Waals surface area contributed by atoms with E-state index in [2.05, 4.69) is 200 Å². The second-order valence-corrected chi connectivity index (χ2v) is 16.7. The Morgan fingerprint density at radius 1 is 0.311 bits per heavy atom. The van der Waals surface area contributed by atoms with E-state index in [1.807, 2.05) is 29.5 Å². The molecule has 0 N–H and O–H groups in total. The molecule has 2 heterocycles. The summed E-state index contributed by atoms with van der Waals surface area (Å²) in [6, 6.07) is 78.7. The molecule has 2 aromatic heterocycles. The van der Waals surface area contributed by atoms with Gasteiger partial charge in [-0.05, 0) is 77.8 Å². The van der Waals surface area contributed by atoms with E-state index < -0.39 is 0 Å². The highest BCUT2D eigenvalue weighted by atomic mass is 32.1. The third-order valence-corrected chi connectivity index (χ3v) is 13.3. The number of benzene rings is 10. The van der Waals surface area contributed by atoms with Crippen LogP contribution in [0, 0.1) is 0 Å². The van der Waals surface area contributed by atoms with Gasteiger partial charge in [0, 0.05) is 36.9 Å². The molecule has 0 aliphatic rings. The van der Waals surface area contributed by atoms with Gasteiger partial charge in [0.1, 0.15) is 0 Å². The van der Waals surface area contributed by atoms with E-state index in [0.29, 0.717) is 0 Å². The number of rotatable bonds is 6. The van der Waals surface area contributed by atoms with Crippen LogP contribution in [-0.2, 0) is 0 Å². The highest BCUT2D eigenvalue weighted by Gasteiger charge is 2.19. The molecule has 0 saturated heterocycles. The van der Waals surface area contributed by atoms with E-state index in [9.17, 15) is 0 Å². The maximum Gasteiger partial charge on any atom is 0.160 e. The predicted octanol–water partition coefficient (Wildman–Crippen LogP) is 16.3. The van der Waals surface area contributed by atoms with Crippen molar-refractivity contribution in [1.82, 2.24) is 9.97 Å².